The maximum atomic E-state index is 12.1. The van der Waals surface area contributed by atoms with Crippen molar-refractivity contribution in [1.29, 1.82) is 0 Å². The van der Waals surface area contributed by atoms with Gasteiger partial charge in [0.25, 0.3) is 0 Å². The van der Waals surface area contributed by atoms with Crippen LogP contribution in [-0.4, -0.2) is 61.2 Å². The molecule has 2 aromatic rings. The minimum absolute atomic E-state index is 0.167. The molecule has 0 aliphatic carbocycles. The number of carbonyl (C=O) groups is 2. The topological polar surface area (TPSA) is 164 Å². The van der Waals surface area contributed by atoms with Gasteiger partial charge in [-0.3, -0.25) is 23.2 Å². The van der Waals surface area contributed by atoms with Crippen molar-refractivity contribution < 1.29 is 37.6 Å². The van der Waals surface area contributed by atoms with Gasteiger partial charge in [-0.15, -0.1) is 0 Å². The average molecular weight is 469 g/mol. The van der Waals surface area contributed by atoms with Crippen molar-refractivity contribution in [1.82, 2.24) is 19.5 Å². The number of imidazole rings is 1. The number of phosphoric ester groups is 1. The highest BCUT2D eigenvalue weighted by molar-refractivity contribution is 7.47. The number of esters is 1. The first kappa shape index (κ1) is 22.7. The Morgan fingerprint density at radius 1 is 1.19 bits per heavy atom. The fraction of sp³-hybridized carbons (Fsp3) is 0.611. The summed E-state index contributed by atoms with van der Waals surface area (Å²) in [6.45, 7) is 3.57. The lowest BCUT2D eigenvalue weighted by atomic mass is 10.1. The molecule has 0 bridgehead atoms. The largest absolute Gasteiger partial charge is 0.473 e. The van der Waals surface area contributed by atoms with Crippen molar-refractivity contribution in [2.75, 3.05) is 11.9 Å². The third kappa shape index (κ3) is 4.52. The second-order valence-electron chi connectivity index (χ2n) is 7.45. The summed E-state index contributed by atoms with van der Waals surface area (Å²) in [5.74, 6) is -0.374. The molecule has 2 N–H and O–H groups in total. The van der Waals surface area contributed by atoms with E-state index in [0.717, 1.165) is 0 Å². The minimum Gasteiger partial charge on any atom is -0.463 e. The van der Waals surface area contributed by atoms with Gasteiger partial charge in [0.05, 0.1) is 6.33 Å². The molecule has 5 atom stereocenters. The molecule has 2 fully saturated rings. The van der Waals surface area contributed by atoms with Gasteiger partial charge in [-0.05, 0) is 12.8 Å². The van der Waals surface area contributed by atoms with E-state index < -0.39 is 38.3 Å². The van der Waals surface area contributed by atoms with E-state index in [1.807, 2.05) is 13.8 Å². The van der Waals surface area contributed by atoms with Gasteiger partial charge in [-0.25, -0.2) is 19.5 Å². The van der Waals surface area contributed by atoms with Crippen LogP contribution in [0.15, 0.2) is 12.7 Å². The van der Waals surface area contributed by atoms with Gasteiger partial charge in [0.2, 0.25) is 5.91 Å². The first-order chi connectivity index (χ1) is 15.3. The van der Waals surface area contributed by atoms with E-state index in [0.29, 0.717) is 30.4 Å². The molecule has 4 rings (SSSR count). The van der Waals surface area contributed by atoms with E-state index in [2.05, 4.69) is 20.3 Å². The summed E-state index contributed by atoms with van der Waals surface area (Å²) in [4.78, 5) is 46.2. The molecule has 2 saturated heterocycles. The predicted octanol–water partition coefficient (Wildman–Crippen LogP) is 1.69. The van der Waals surface area contributed by atoms with Gasteiger partial charge in [-0.1, -0.05) is 13.8 Å². The molecule has 0 aromatic carbocycles. The third-order valence-corrected chi connectivity index (χ3v) is 6.05. The highest BCUT2D eigenvalue weighted by atomic mass is 31.2. The van der Waals surface area contributed by atoms with Crippen molar-refractivity contribution in [2.24, 2.45) is 0 Å². The number of carbonyl (C=O) groups excluding carboxylic acids is 2. The van der Waals surface area contributed by atoms with Crippen molar-refractivity contribution in [2.45, 2.75) is 64.1 Å². The molecular weight excluding hydrogens is 445 g/mol. The van der Waals surface area contributed by atoms with Crippen LogP contribution in [0, 0.1) is 0 Å². The maximum absolute atomic E-state index is 12.1. The summed E-state index contributed by atoms with van der Waals surface area (Å²) in [5.41, 5.74) is 0.642. The molecule has 4 heterocycles. The number of ether oxygens (including phenoxy) is 2. The third-order valence-electron chi connectivity index (χ3n) is 5.03. The van der Waals surface area contributed by atoms with Gasteiger partial charge in [0.1, 0.15) is 31.2 Å². The lowest BCUT2D eigenvalue weighted by Crippen LogP contribution is -2.32. The molecule has 0 spiro atoms. The lowest BCUT2D eigenvalue weighted by molar-refractivity contribution is -0.150. The SMILES string of the molecule is CCCC(=O)Nc1ncnc2c1ncn2C1OC(COC(=O)CCC)C2OP(=O)(O)OC21. The summed E-state index contributed by atoms with van der Waals surface area (Å²) >= 11 is 0. The highest BCUT2D eigenvalue weighted by Crippen LogP contribution is 2.58. The number of rotatable bonds is 8. The number of nitrogens with one attached hydrogen (secondary N) is 1. The molecule has 0 radical (unpaired) electrons. The average Bonchev–Trinajstić information content (AvgIpc) is 3.38. The van der Waals surface area contributed by atoms with Crippen LogP contribution in [-0.2, 0) is 32.7 Å². The molecule has 174 valence electrons. The molecule has 5 unspecified atom stereocenters. The lowest BCUT2D eigenvalue weighted by Gasteiger charge is -2.19. The Labute approximate surface area is 183 Å². The molecule has 13 nitrogen and oxygen atoms in total. The van der Waals surface area contributed by atoms with Crippen LogP contribution < -0.4 is 5.32 Å². The first-order valence-electron chi connectivity index (χ1n) is 10.3. The van der Waals surface area contributed by atoms with Crippen LogP contribution in [0.5, 0.6) is 0 Å². The Morgan fingerprint density at radius 3 is 2.69 bits per heavy atom. The number of hydrogen-bond donors (Lipinski definition) is 2. The summed E-state index contributed by atoms with van der Waals surface area (Å²) in [6, 6.07) is 0. The van der Waals surface area contributed by atoms with Crippen LogP contribution in [0.25, 0.3) is 11.2 Å². The zero-order valence-electron chi connectivity index (χ0n) is 17.5. The normalized spacial score (nSPS) is 29.2. The second kappa shape index (κ2) is 9.20. The van der Waals surface area contributed by atoms with E-state index in [4.69, 9.17) is 18.5 Å². The Kier molecular flexibility index (Phi) is 6.54. The Hall–Kier alpha value is -2.44. The molecule has 32 heavy (non-hydrogen) atoms. The fourth-order valence-corrected chi connectivity index (χ4v) is 4.79. The van der Waals surface area contributed by atoms with Crippen LogP contribution in [0.3, 0.4) is 0 Å². The predicted molar refractivity (Wildman–Crippen MR) is 108 cm³/mol. The van der Waals surface area contributed by atoms with E-state index >= 15 is 0 Å². The number of nitrogens with zero attached hydrogens (tertiary/aromatic N) is 4. The Balaban J connectivity index is 1.60. The first-order valence-corrected chi connectivity index (χ1v) is 11.8. The zero-order chi connectivity index (χ0) is 22.9. The number of aromatic nitrogens is 4. The van der Waals surface area contributed by atoms with Crippen molar-refractivity contribution in [3.63, 3.8) is 0 Å². The standard InChI is InChI=1S/C18H24N5O8P/c1-3-5-11(24)22-16-13-17(20-8-19-16)23(9-21-13)18-15-14(30-32(26,27)31-15)10(29-18)7-28-12(25)6-4-2/h8-10,14-15,18H,3-7H2,1-2H3,(H,26,27)(H,19,20,22,24). The van der Waals surface area contributed by atoms with Gasteiger partial charge in [0.15, 0.2) is 23.2 Å². The summed E-state index contributed by atoms with van der Waals surface area (Å²) in [5, 5.41) is 2.70. The smallest absolute Gasteiger partial charge is 0.463 e. The van der Waals surface area contributed by atoms with Crippen LogP contribution >= 0.6 is 7.82 Å². The quantitative estimate of drug-likeness (QED) is 0.427. The monoisotopic (exact) mass is 469 g/mol. The number of anilines is 1. The molecule has 14 heteroatoms. The van der Waals surface area contributed by atoms with E-state index in [-0.39, 0.29) is 24.8 Å². The molecule has 2 aliphatic rings. The molecule has 2 aromatic heterocycles. The minimum atomic E-state index is -4.30. The van der Waals surface area contributed by atoms with E-state index in [9.17, 15) is 19.0 Å². The second-order valence-corrected chi connectivity index (χ2v) is 8.81. The number of hydrogen-bond acceptors (Lipinski definition) is 10. The summed E-state index contributed by atoms with van der Waals surface area (Å²) < 4.78 is 35.2. The van der Waals surface area contributed by atoms with Gasteiger partial charge >= 0.3 is 13.8 Å². The Bertz CT molecular complexity index is 1060. The van der Waals surface area contributed by atoms with Gasteiger partial charge in [0, 0.05) is 12.8 Å². The van der Waals surface area contributed by atoms with E-state index in [1.54, 1.807) is 0 Å². The fourth-order valence-electron chi connectivity index (χ4n) is 3.64. The van der Waals surface area contributed by atoms with Crippen molar-refractivity contribution >= 4 is 36.7 Å². The highest BCUT2D eigenvalue weighted by Gasteiger charge is 2.58. The molecule has 1 amide bonds. The molecule has 0 saturated carbocycles. The van der Waals surface area contributed by atoms with Gasteiger partial charge in [-0.2, -0.15) is 0 Å². The van der Waals surface area contributed by atoms with Crippen molar-refractivity contribution in [3.8, 4) is 0 Å². The number of amides is 1. The Morgan fingerprint density at radius 2 is 1.94 bits per heavy atom. The molecule has 2 aliphatic heterocycles. The number of fused-ring (bicyclic) bond motifs is 2. The maximum Gasteiger partial charge on any atom is 0.473 e. The number of phosphoric acid groups is 1. The van der Waals surface area contributed by atoms with Crippen molar-refractivity contribution in [3.05, 3.63) is 12.7 Å². The van der Waals surface area contributed by atoms with Crippen LogP contribution in [0.2, 0.25) is 0 Å². The molecular formula is C18H24N5O8P. The van der Waals surface area contributed by atoms with Crippen LogP contribution in [0.1, 0.15) is 45.8 Å². The zero-order valence-corrected chi connectivity index (χ0v) is 18.4. The summed E-state index contributed by atoms with van der Waals surface area (Å²) in [7, 11) is -4.30. The van der Waals surface area contributed by atoms with Gasteiger partial charge < -0.3 is 19.7 Å². The van der Waals surface area contributed by atoms with E-state index in [1.165, 1.54) is 17.2 Å². The summed E-state index contributed by atoms with van der Waals surface area (Å²) in [6.07, 6.45) is 0.881. The van der Waals surface area contributed by atoms with Crippen LogP contribution in [0.4, 0.5) is 5.82 Å².